The summed E-state index contributed by atoms with van der Waals surface area (Å²) >= 11 is 1.42. The number of carbonyl (C=O) groups is 1. The van der Waals surface area contributed by atoms with Gasteiger partial charge in [0.2, 0.25) is 5.91 Å². The van der Waals surface area contributed by atoms with Crippen LogP contribution in [0.25, 0.3) is 11.4 Å². The summed E-state index contributed by atoms with van der Waals surface area (Å²) in [5.41, 5.74) is 1.65. The molecule has 3 aromatic rings. The van der Waals surface area contributed by atoms with Crippen molar-refractivity contribution in [3.05, 3.63) is 60.4 Å². The molecular formula is C24H26FN5OS. The second-order valence-electron chi connectivity index (χ2n) is 8.30. The number of para-hydroxylation sites is 1. The van der Waals surface area contributed by atoms with Gasteiger partial charge in [-0.15, -0.1) is 10.2 Å². The average Bonchev–Trinajstić information content (AvgIpc) is 3.59. The number of thioether (sulfide) groups is 1. The largest absolute Gasteiger partial charge is 0.368 e. The lowest BCUT2D eigenvalue weighted by molar-refractivity contribution is -0.130. The Kier molecular flexibility index (Phi) is 5.87. The van der Waals surface area contributed by atoms with Gasteiger partial charge < -0.3 is 9.80 Å². The van der Waals surface area contributed by atoms with Crippen LogP contribution >= 0.6 is 11.8 Å². The van der Waals surface area contributed by atoms with Gasteiger partial charge in [0.25, 0.3) is 0 Å². The van der Waals surface area contributed by atoms with Crippen molar-refractivity contribution in [3.63, 3.8) is 0 Å². The predicted octanol–water partition coefficient (Wildman–Crippen LogP) is 4.25. The molecule has 0 N–H and O–H groups in total. The van der Waals surface area contributed by atoms with E-state index >= 15 is 0 Å². The van der Waals surface area contributed by atoms with Gasteiger partial charge in [0.1, 0.15) is 5.82 Å². The first-order valence-corrected chi connectivity index (χ1v) is 11.9. The van der Waals surface area contributed by atoms with Gasteiger partial charge in [0.05, 0.1) is 10.8 Å². The minimum atomic E-state index is -0.307. The van der Waals surface area contributed by atoms with E-state index in [-0.39, 0.29) is 23.0 Å². The van der Waals surface area contributed by atoms with E-state index in [1.807, 2.05) is 34.6 Å². The standard InChI is InChI=1S/C24H26FN5OS/c1-17(23(31)29-15-13-28(14-16-29)18-7-3-2-4-8-18)32-24-27-26-22(30(24)19-11-12-19)20-9-5-6-10-21(20)25/h2-10,17,19H,11-16H2,1H3. The van der Waals surface area contributed by atoms with Gasteiger partial charge in [0.15, 0.2) is 11.0 Å². The molecule has 5 rings (SSSR count). The first kappa shape index (κ1) is 21.0. The van der Waals surface area contributed by atoms with Gasteiger partial charge in [-0.25, -0.2) is 4.39 Å². The summed E-state index contributed by atoms with van der Waals surface area (Å²) in [6.45, 7) is 4.97. The highest BCUT2D eigenvalue weighted by Gasteiger charge is 2.33. The quantitative estimate of drug-likeness (QED) is 0.525. The number of hydrogen-bond donors (Lipinski definition) is 0. The lowest BCUT2D eigenvalue weighted by atomic mass is 10.2. The van der Waals surface area contributed by atoms with Gasteiger partial charge in [-0.05, 0) is 44.0 Å². The Labute approximate surface area is 191 Å². The lowest BCUT2D eigenvalue weighted by Gasteiger charge is -2.37. The summed E-state index contributed by atoms with van der Waals surface area (Å²) in [5, 5.41) is 9.05. The van der Waals surface area contributed by atoms with Gasteiger partial charge in [-0.1, -0.05) is 42.1 Å². The zero-order valence-electron chi connectivity index (χ0n) is 18.0. The summed E-state index contributed by atoms with van der Waals surface area (Å²) < 4.78 is 16.4. The first-order valence-electron chi connectivity index (χ1n) is 11.1. The van der Waals surface area contributed by atoms with E-state index in [4.69, 9.17) is 0 Å². The fraction of sp³-hybridized carbons (Fsp3) is 0.375. The molecule has 1 saturated carbocycles. The summed E-state index contributed by atoms with van der Waals surface area (Å²) in [5.74, 6) is 0.350. The SMILES string of the molecule is CC(Sc1nnc(-c2ccccc2F)n1C1CC1)C(=O)N1CCN(c2ccccc2)CC1. The van der Waals surface area contributed by atoms with Crippen LogP contribution in [0.1, 0.15) is 25.8 Å². The normalized spacial score (nSPS) is 17.4. The minimum Gasteiger partial charge on any atom is -0.368 e. The van der Waals surface area contributed by atoms with Crippen LogP contribution in [0.4, 0.5) is 10.1 Å². The van der Waals surface area contributed by atoms with Crippen molar-refractivity contribution in [2.45, 2.75) is 36.2 Å². The third-order valence-electron chi connectivity index (χ3n) is 6.03. The molecule has 2 heterocycles. The fourth-order valence-electron chi connectivity index (χ4n) is 4.13. The van der Waals surface area contributed by atoms with Crippen LogP contribution < -0.4 is 4.90 Å². The zero-order valence-corrected chi connectivity index (χ0v) is 18.8. The number of amides is 1. The topological polar surface area (TPSA) is 54.3 Å². The van der Waals surface area contributed by atoms with Crippen molar-refractivity contribution < 1.29 is 9.18 Å². The van der Waals surface area contributed by atoms with Crippen LogP contribution in [0.2, 0.25) is 0 Å². The molecular weight excluding hydrogens is 425 g/mol. The number of aromatic nitrogens is 3. The number of nitrogens with zero attached hydrogens (tertiary/aromatic N) is 5. The van der Waals surface area contributed by atoms with E-state index < -0.39 is 0 Å². The first-order chi connectivity index (χ1) is 15.6. The van der Waals surface area contributed by atoms with Crippen LogP contribution in [0.5, 0.6) is 0 Å². The average molecular weight is 452 g/mol. The molecule has 8 heteroatoms. The van der Waals surface area contributed by atoms with Crippen molar-refractivity contribution in [3.8, 4) is 11.4 Å². The molecule has 2 aromatic carbocycles. The molecule has 1 saturated heterocycles. The second-order valence-corrected chi connectivity index (χ2v) is 9.60. The maximum atomic E-state index is 14.4. The molecule has 6 nitrogen and oxygen atoms in total. The number of benzene rings is 2. The monoisotopic (exact) mass is 451 g/mol. The Bertz CT molecular complexity index is 1090. The Hall–Kier alpha value is -2.87. The molecule has 1 amide bonds. The minimum absolute atomic E-state index is 0.112. The Balaban J connectivity index is 1.27. The van der Waals surface area contributed by atoms with E-state index in [2.05, 4.69) is 27.2 Å². The molecule has 0 spiro atoms. The molecule has 0 radical (unpaired) electrons. The maximum absolute atomic E-state index is 14.4. The highest BCUT2D eigenvalue weighted by Crippen LogP contribution is 2.42. The van der Waals surface area contributed by atoms with E-state index in [0.29, 0.717) is 29.6 Å². The van der Waals surface area contributed by atoms with Crippen LogP contribution in [0, 0.1) is 5.82 Å². The van der Waals surface area contributed by atoms with Crippen LogP contribution in [0.15, 0.2) is 59.8 Å². The van der Waals surface area contributed by atoms with Gasteiger partial charge in [-0.3, -0.25) is 9.36 Å². The molecule has 0 bridgehead atoms. The highest BCUT2D eigenvalue weighted by atomic mass is 32.2. The lowest BCUT2D eigenvalue weighted by Crippen LogP contribution is -2.50. The maximum Gasteiger partial charge on any atom is 0.236 e. The number of anilines is 1. The van der Waals surface area contributed by atoms with E-state index in [1.165, 1.54) is 23.5 Å². The summed E-state index contributed by atoms with van der Waals surface area (Å²) in [6, 6.07) is 17.2. The number of rotatable bonds is 6. The van der Waals surface area contributed by atoms with Crippen LogP contribution in [-0.4, -0.2) is 57.0 Å². The Morgan fingerprint density at radius 1 is 1.00 bits per heavy atom. The fourth-order valence-corrected chi connectivity index (χ4v) is 5.14. The zero-order chi connectivity index (χ0) is 22.1. The summed E-state index contributed by atoms with van der Waals surface area (Å²) in [4.78, 5) is 17.4. The van der Waals surface area contributed by atoms with Crippen molar-refractivity contribution in [1.82, 2.24) is 19.7 Å². The van der Waals surface area contributed by atoms with Gasteiger partial charge in [-0.2, -0.15) is 0 Å². The van der Waals surface area contributed by atoms with Gasteiger partial charge >= 0.3 is 0 Å². The van der Waals surface area contributed by atoms with E-state index in [1.54, 1.807) is 18.2 Å². The van der Waals surface area contributed by atoms with Crippen LogP contribution in [-0.2, 0) is 4.79 Å². The number of halogens is 1. The van der Waals surface area contributed by atoms with Gasteiger partial charge in [0, 0.05) is 37.9 Å². The van der Waals surface area contributed by atoms with Crippen LogP contribution in [0.3, 0.4) is 0 Å². The molecule has 1 unspecified atom stereocenters. The molecule has 2 aliphatic rings. The highest BCUT2D eigenvalue weighted by molar-refractivity contribution is 8.00. The third kappa shape index (κ3) is 4.24. The molecule has 2 fully saturated rings. The third-order valence-corrected chi connectivity index (χ3v) is 7.08. The van der Waals surface area contributed by atoms with E-state index in [0.717, 1.165) is 25.9 Å². The molecule has 1 aromatic heterocycles. The van der Waals surface area contributed by atoms with Crippen molar-refractivity contribution in [2.24, 2.45) is 0 Å². The van der Waals surface area contributed by atoms with Crippen molar-refractivity contribution in [2.75, 3.05) is 31.1 Å². The second kappa shape index (κ2) is 8.94. The molecule has 1 aliphatic carbocycles. The summed E-state index contributed by atoms with van der Waals surface area (Å²) in [7, 11) is 0. The number of piperazine rings is 1. The van der Waals surface area contributed by atoms with Crippen molar-refractivity contribution >= 4 is 23.4 Å². The molecule has 166 valence electrons. The molecule has 32 heavy (non-hydrogen) atoms. The summed E-state index contributed by atoms with van der Waals surface area (Å²) in [6.07, 6.45) is 2.05. The molecule has 1 aliphatic heterocycles. The number of carbonyl (C=O) groups excluding carboxylic acids is 1. The van der Waals surface area contributed by atoms with Crippen molar-refractivity contribution in [1.29, 1.82) is 0 Å². The Morgan fingerprint density at radius 3 is 2.38 bits per heavy atom. The molecule has 1 atom stereocenters. The smallest absolute Gasteiger partial charge is 0.236 e. The number of hydrogen-bond acceptors (Lipinski definition) is 5. The van der Waals surface area contributed by atoms with E-state index in [9.17, 15) is 9.18 Å². The Morgan fingerprint density at radius 2 is 1.69 bits per heavy atom. The predicted molar refractivity (Wildman–Crippen MR) is 124 cm³/mol.